The lowest BCUT2D eigenvalue weighted by molar-refractivity contribution is 0.0931. The van der Waals surface area contributed by atoms with E-state index in [0.717, 1.165) is 29.7 Å². The van der Waals surface area contributed by atoms with Gasteiger partial charge in [0.1, 0.15) is 5.69 Å². The summed E-state index contributed by atoms with van der Waals surface area (Å²) in [4.78, 5) is 18.2. The molecule has 35 heavy (non-hydrogen) atoms. The van der Waals surface area contributed by atoms with E-state index in [9.17, 15) is 4.79 Å². The molecule has 0 unspecified atom stereocenters. The molecule has 2 heterocycles. The normalized spacial score (nSPS) is 11.9. The van der Waals surface area contributed by atoms with Crippen LogP contribution in [0.3, 0.4) is 0 Å². The Kier molecular flexibility index (Phi) is 6.59. The minimum atomic E-state index is -0.200. The van der Waals surface area contributed by atoms with Crippen molar-refractivity contribution >= 4 is 23.2 Å². The molecule has 5 nitrogen and oxygen atoms in total. The predicted molar refractivity (Wildman–Crippen MR) is 141 cm³/mol. The number of halogens is 1. The molecule has 0 spiro atoms. The molecule has 3 aromatic carbocycles. The number of fused-ring (bicyclic) bond motifs is 1. The van der Waals surface area contributed by atoms with Crippen LogP contribution in [-0.4, -0.2) is 26.5 Å². The molecule has 2 aromatic heterocycles. The zero-order valence-corrected chi connectivity index (χ0v) is 20.1. The van der Waals surface area contributed by atoms with Crippen molar-refractivity contribution < 1.29 is 4.79 Å². The topological polar surface area (TPSA) is 59.3 Å². The number of nitrogens with one attached hydrogen (secondary N) is 1. The zero-order valence-electron chi connectivity index (χ0n) is 19.4. The molecule has 6 heteroatoms. The number of hydrogen-bond acceptors (Lipinski definition) is 3. The van der Waals surface area contributed by atoms with Gasteiger partial charge in [0.25, 0.3) is 5.91 Å². The third kappa shape index (κ3) is 5.10. The Labute approximate surface area is 209 Å². The number of rotatable bonds is 7. The van der Waals surface area contributed by atoms with Crippen LogP contribution in [0.1, 0.15) is 29.4 Å². The van der Waals surface area contributed by atoms with Crippen LogP contribution < -0.4 is 5.32 Å². The number of carbonyl (C=O) groups is 1. The monoisotopic (exact) mass is 480 g/mol. The van der Waals surface area contributed by atoms with E-state index in [1.54, 1.807) is 10.6 Å². The standard InChI is InChI=1S/C29H25ClN4O/c1-20(16-17-21-10-4-2-5-11-21)31-29(35)27-18-26(23-14-8-9-15-24(23)30)32-28-19-25(33-34(27)28)22-12-6-3-7-13-22/h2-15,18-20H,16-17H2,1H3,(H,31,35)/t20-/m1/s1. The highest BCUT2D eigenvalue weighted by Crippen LogP contribution is 2.28. The largest absolute Gasteiger partial charge is 0.348 e. The molecule has 0 saturated carbocycles. The van der Waals surface area contributed by atoms with Crippen molar-refractivity contribution in [2.45, 2.75) is 25.8 Å². The average Bonchev–Trinajstić information content (AvgIpc) is 3.32. The van der Waals surface area contributed by atoms with Gasteiger partial charge in [-0.1, -0.05) is 90.5 Å². The molecule has 5 aromatic rings. The lowest BCUT2D eigenvalue weighted by Gasteiger charge is -2.15. The Hall–Kier alpha value is -3.96. The number of hydrogen-bond donors (Lipinski definition) is 1. The summed E-state index contributed by atoms with van der Waals surface area (Å²) in [6, 6.07) is 31.3. The van der Waals surface area contributed by atoms with E-state index < -0.39 is 0 Å². The average molecular weight is 481 g/mol. The highest BCUT2D eigenvalue weighted by molar-refractivity contribution is 6.33. The minimum Gasteiger partial charge on any atom is -0.348 e. The quantitative estimate of drug-likeness (QED) is 0.290. The molecule has 1 N–H and O–H groups in total. The maximum absolute atomic E-state index is 13.5. The Morgan fingerprint density at radius 3 is 2.34 bits per heavy atom. The lowest BCUT2D eigenvalue weighted by atomic mass is 10.1. The van der Waals surface area contributed by atoms with E-state index in [0.29, 0.717) is 22.1 Å². The number of aryl methyl sites for hydroxylation is 1. The van der Waals surface area contributed by atoms with Crippen LogP contribution in [0.15, 0.2) is 97.1 Å². The molecule has 1 amide bonds. The number of carbonyl (C=O) groups excluding carboxylic acids is 1. The van der Waals surface area contributed by atoms with Crippen LogP contribution in [0.4, 0.5) is 0 Å². The van der Waals surface area contributed by atoms with Crippen LogP contribution >= 0.6 is 11.6 Å². The first-order valence-electron chi connectivity index (χ1n) is 11.6. The van der Waals surface area contributed by atoms with E-state index in [4.69, 9.17) is 21.7 Å². The van der Waals surface area contributed by atoms with Gasteiger partial charge in [-0.15, -0.1) is 0 Å². The van der Waals surface area contributed by atoms with Crippen LogP contribution in [0.25, 0.3) is 28.2 Å². The SMILES string of the molecule is C[C@H](CCc1ccccc1)NC(=O)c1cc(-c2ccccc2Cl)nc2cc(-c3ccccc3)nn12. The molecule has 1 atom stereocenters. The van der Waals surface area contributed by atoms with Gasteiger partial charge in [0.05, 0.1) is 11.4 Å². The van der Waals surface area contributed by atoms with Gasteiger partial charge in [-0.3, -0.25) is 4.79 Å². The second kappa shape index (κ2) is 10.1. The minimum absolute atomic E-state index is 0.0150. The molecule has 0 aliphatic carbocycles. The zero-order chi connectivity index (χ0) is 24.2. The van der Waals surface area contributed by atoms with Crippen molar-refractivity contribution in [2.24, 2.45) is 0 Å². The smallest absolute Gasteiger partial charge is 0.270 e. The third-order valence-electron chi connectivity index (χ3n) is 5.97. The summed E-state index contributed by atoms with van der Waals surface area (Å²) >= 11 is 6.46. The van der Waals surface area contributed by atoms with Crippen LogP contribution in [0.5, 0.6) is 0 Å². The Balaban J connectivity index is 1.50. The molecular weight excluding hydrogens is 456 g/mol. The highest BCUT2D eigenvalue weighted by atomic mass is 35.5. The second-order valence-corrected chi connectivity index (χ2v) is 8.98. The molecular formula is C29H25ClN4O. The fourth-order valence-corrected chi connectivity index (χ4v) is 4.32. The van der Waals surface area contributed by atoms with E-state index in [1.807, 2.05) is 85.8 Å². The number of benzene rings is 3. The Morgan fingerprint density at radius 2 is 1.60 bits per heavy atom. The fourth-order valence-electron chi connectivity index (χ4n) is 4.09. The Morgan fingerprint density at radius 1 is 0.914 bits per heavy atom. The number of aromatic nitrogens is 3. The van der Waals surface area contributed by atoms with Gasteiger partial charge in [-0.2, -0.15) is 5.10 Å². The lowest BCUT2D eigenvalue weighted by Crippen LogP contribution is -2.34. The van der Waals surface area contributed by atoms with E-state index in [-0.39, 0.29) is 11.9 Å². The van der Waals surface area contributed by atoms with E-state index in [2.05, 4.69) is 17.4 Å². The summed E-state index contributed by atoms with van der Waals surface area (Å²) in [6.45, 7) is 2.02. The van der Waals surface area contributed by atoms with Crippen molar-refractivity contribution in [3.05, 3.63) is 113 Å². The van der Waals surface area contributed by atoms with Gasteiger partial charge in [0.2, 0.25) is 0 Å². The molecule has 0 aliphatic rings. The van der Waals surface area contributed by atoms with Gasteiger partial charge in [-0.25, -0.2) is 9.50 Å². The van der Waals surface area contributed by atoms with Gasteiger partial charge in [0, 0.05) is 28.3 Å². The molecule has 174 valence electrons. The van der Waals surface area contributed by atoms with Crippen molar-refractivity contribution in [1.29, 1.82) is 0 Å². The fraction of sp³-hybridized carbons (Fsp3) is 0.138. The number of amides is 1. The predicted octanol–water partition coefficient (Wildman–Crippen LogP) is 6.47. The first kappa shape index (κ1) is 22.8. The van der Waals surface area contributed by atoms with Gasteiger partial charge < -0.3 is 5.32 Å². The van der Waals surface area contributed by atoms with Crippen molar-refractivity contribution in [3.63, 3.8) is 0 Å². The summed E-state index contributed by atoms with van der Waals surface area (Å²) in [7, 11) is 0. The summed E-state index contributed by atoms with van der Waals surface area (Å²) in [5.41, 5.74) is 5.36. The van der Waals surface area contributed by atoms with Crippen LogP contribution in [0, 0.1) is 0 Å². The third-order valence-corrected chi connectivity index (χ3v) is 6.30. The summed E-state index contributed by atoms with van der Waals surface area (Å²) in [5, 5.41) is 8.44. The maximum atomic E-state index is 13.5. The molecule has 5 rings (SSSR count). The molecule has 0 aliphatic heterocycles. The van der Waals surface area contributed by atoms with Crippen LogP contribution in [-0.2, 0) is 6.42 Å². The first-order valence-corrected chi connectivity index (χ1v) is 12.0. The maximum Gasteiger partial charge on any atom is 0.270 e. The summed E-state index contributed by atoms with van der Waals surface area (Å²) < 4.78 is 1.61. The van der Waals surface area contributed by atoms with Crippen molar-refractivity contribution in [3.8, 4) is 22.5 Å². The van der Waals surface area contributed by atoms with E-state index >= 15 is 0 Å². The van der Waals surface area contributed by atoms with Crippen molar-refractivity contribution in [1.82, 2.24) is 19.9 Å². The molecule has 0 fully saturated rings. The molecule has 0 saturated heterocycles. The summed E-state index contributed by atoms with van der Waals surface area (Å²) in [5.74, 6) is -0.200. The highest BCUT2D eigenvalue weighted by Gasteiger charge is 2.19. The van der Waals surface area contributed by atoms with Crippen molar-refractivity contribution in [2.75, 3.05) is 0 Å². The van der Waals surface area contributed by atoms with Gasteiger partial charge in [-0.05, 0) is 37.5 Å². The Bertz CT molecular complexity index is 1460. The summed E-state index contributed by atoms with van der Waals surface area (Å²) in [6.07, 6.45) is 1.72. The van der Waals surface area contributed by atoms with Gasteiger partial charge in [0.15, 0.2) is 5.65 Å². The second-order valence-electron chi connectivity index (χ2n) is 8.57. The van der Waals surface area contributed by atoms with Gasteiger partial charge >= 0.3 is 0 Å². The van der Waals surface area contributed by atoms with Crippen LogP contribution in [0.2, 0.25) is 5.02 Å². The molecule has 0 bridgehead atoms. The first-order chi connectivity index (χ1) is 17.1. The number of nitrogens with zero attached hydrogens (tertiary/aromatic N) is 3. The van der Waals surface area contributed by atoms with E-state index in [1.165, 1.54) is 5.56 Å². The molecule has 0 radical (unpaired) electrons.